The molecule has 0 saturated heterocycles. The average molecular weight is 399 g/mol. The molecular formula is C21H23ClN4O2. The molecule has 0 bridgehead atoms. The van der Waals surface area contributed by atoms with Crippen LogP contribution in [0.25, 0.3) is 11.3 Å². The number of likely N-dealkylation sites (N-methyl/N-ethyl adjacent to an activating group) is 1. The molecule has 1 heterocycles. The van der Waals surface area contributed by atoms with Crippen molar-refractivity contribution in [2.24, 2.45) is 0 Å². The van der Waals surface area contributed by atoms with Crippen LogP contribution in [0, 0.1) is 0 Å². The maximum Gasteiger partial charge on any atom is 0.269 e. The van der Waals surface area contributed by atoms with Crippen LogP contribution in [0.15, 0.2) is 54.6 Å². The van der Waals surface area contributed by atoms with Gasteiger partial charge in [0.05, 0.1) is 18.8 Å². The molecule has 0 spiro atoms. The lowest BCUT2D eigenvalue weighted by Gasteiger charge is -2.25. The van der Waals surface area contributed by atoms with Crippen molar-refractivity contribution in [1.82, 2.24) is 20.4 Å². The van der Waals surface area contributed by atoms with Crippen molar-refractivity contribution in [3.8, 4) is 17.0 Å². The fourth-order valence-corrected chi connectivity index (χ4v) is 3.13. The summed E-state index contributed by atoms with van der Waals surface area (Å²) in [5, 5.41) is 10.6. The predicted octanol–water partition coefficient (Wildman–Crippen LogP) is 3.77. The topological polar surface area (TPSA) is 70.2 Å². The summed E-state index contributed by atoms with van der Waals surface area (Å²) in [6.45, 7) is 0.462. The Balaban J connectivity index is 1.68. The van der Waals surface area contributed by atoms with Gasteiger partial charge in [0.2, 0.25) is 0 Å². The number of aromatic amines is 1. The smallest absolute Gasteiger partial charge is 0.269 e. The first-order valence-electron chi connectivity index (χ1n) is 8.88. The largest absolute Gasteiger partial charge is 0.497 e. The summed E-state index contributed by atoms with van der Waals surface area (Å²) in [6, 6.07) is 16.9. The number of rotatable bonds is 7. The van der Waals surface area contributed by atoms with E-state index in [0.29, 0.717) is 23.0 Å². The van der Waals surface area contributed by atoms with E-state index in [-0.39, 0.29) is 11.9 Å². The van der Waals surface area contributed by atoms with Crippen LogP contribution in [-0.2, 0) is 0 Å². The third kappa shape index (κ3) is 4.71. The SMILES string of the molecule is COc1ccc(C(CNC(=O)c2cc(-c3cccc(Cl)c3)n[nH]2)N(C)C)cc1. The third-order valence-corrected chi connectivity index (χ3v) is 4.76. The number of hydrogen-bond acceptors (Lipinski definition) is 4. The molecule has 28 heavy (non-hydrogen) atoms. The highest BCUT2D eigenvalue weighted by molar-refractivity contribution is 6.30. The summed E-state index contributed by atoms with van der Waals surface area (Å²) in [6.07, 6.45) is 0. The maximum atomic E-state index is 12.6. The Morgan fingerprint density at radius 1 is 1.21 bits per heavy atom. The molecule has 0 fully saturated rings. The summed E-state index contributed by atoms with van der Waals surface area (Å²) in [4.78, 5) is 14.6. The Morgan fingerprint density at radius 2 is 1.96 bits per heavy atom. The van der Waals surface area contributed by atoms with Gasteiger partial charge in [-0.05, 0) is 50.0 Å². The number of benzene rings is 2. The van der Waals surface area contributed by atoms with E-state index in [2.05, 4.69) is 20.4 Å². The number of amides is 1. The van der Waals surface area contributed by atoms with Gasteiger partial charge in [-0.15, -0.1) is 0 Å². The lowest BCUT2D eigenvalue weighted by atomic mass is 10.1. The molecule has 0 radical (unpaired) electrons. The van der Waals surface area contributed by atoms with Crippen LogP contribution in [0.2, 0.25) is 5.02 Å². The molecule has 1 unspecified atom stereocenters. The number of H-pyrrole nitrogens is 1. The summed E-state index contributed by atoms with van der Waals surface area (Å²) in [5.41, 5.74) is 3.02. The molecule has 0 aliphatic rings. The van der Waals surface area contributed by atoms with Gasteiger partial charge in [0, 0.05) is 17.1 Å². The average Bonchev–Trinajstić information content (AvgIpc) is 3.18. The molecule has 3 aromatic rings. The molecule has 7 heteroatoms. The highest BCUT2D eigenvalue weighted by Crippen LogP contribution is 2.22. The first-order valence-corrected chi connectivity index (χ1v) is 9.25. The van der Waals surface area contributed by atoms with Gasteiger partial charge in [-0.25, -0.2) is 0 Å². The van der Waals surface area contributed by atoms with Gasteiger partial charge < -0.3 is 15.0 Å². The minimum atomic E-state index is -0.207. The Morgan fingerprint density at radius 3 is 2.61 bits per heavy atom. The molecule has 0 aliphatic heterocycles. The molecule has 3 rings (SSSR count). The second kappa shape index (κ2) is 8.91. The Kier molecular flexibility index (Phi) is 6.34. The molecule has 2 N–H and O–H groups in total. The predicted molar refractivity (Wildman–Crippen MR) is 111 cm³/mol. The molecule has 146 valence electrons. The number of hydrogen-bond donors (Lipinski definition) is 2. The number of carbonyl (C=O) groups excluding carboxylic acids is 1. The van der Waals surface area contributed by atoms with E-state index in [1.54, 1.807) is 19.2 Å². The zero-order valence-corrected chi connectivity index (χ0v) is 16.8. The number of ether oxygens (including phenoxy) is 1. The van der Waals surface area contributed by atoms with E-state index in [1.807, 2.05) is 56.6 Å². The van der Waals surface area contributed by atoms with Crippen molar-refractivity contribution >= 4 is 17.5 Å². The number of methoxy groups -OCH3 is 1. The monoisotopic (exact) mass is 398 g/mol. The quantitative estimate of drug-likeness (QED) is 0.635. The van der Waals surface area contributed by atoms with Gasteiger partial charge in [0.1, 0.15) is 11.4 Å². The number of halogens is 1. The van der Waals surface area contributed by atoms with Crippen molar-refractivity contribution in [3.05, 3.63) is 70.9 Å². The summed E-state index contributed by atoms with van der Waals surface area (Å²) >= 11 is 6.03. The number of nitrogens with zero attached hydrogens (tertiary/aromatic N) is 2. The Bertz CT molecular complexity index is 938. The molecule has 0 saturated carbocycles. The van der Waals surface area contributed by atoms with Crippen LogP contribution in [0.1, 0.15) is 22.1 Å². The molecule has 2 aromatic carbocycles. The molecule has 1 atom stereocenters. The van der Waals surface area contributed by atoms with Crippen LogP contribution in [0.5, 0.6) is 5.75 Å². The zero-order valence-electron chi connectivity index (χ0n) is 16.1. The molecule has 1 aromatic heterocycles. The normalized spacial score (nSPS) is 12.0. The summed E-state index contributed by atoms with van der Waals surface area (Å²) < 4.78 is 5.21. The van der Waals surface area contributed by atoms with Gasteiger partial charge in [-0.1, -0.05) is 35.9 Å². The van der Waals surface area contributed by atoms with E-state index in [4.69, 9.17) is 16.3 Å². The van der Waals surface area contributed by atoms with Crippen molar-refractivity contribution in [1.29, 1.82) is 0 Å². The molecule has 0 aliphatic carbocycles. The van der Waals surface area contributed by atoms with Gasteiger partial charge in [0.25, 0.3) is 5.91 Å². The van der Waals surface area contributed by atoms with E-state index in [9.17, 15) is 4.79 Å². The molecular weight excluding hydrogens is 376 g/mol. The van der Waals surface area contributed by atoms with Crippen LogP contribution in [0.4, 0.5) is 0 Å². The number of nitrogens with one attached hydrogen (secondary N) is 2. The maximum absolute atomic E-state index is 12.6. The van der Waals surface area contributed by atoms with E-state index in [1.165, 1.54) is 0 Å². The number of aromatic nitrogens is 2. The highest BCUT2D eigenvalue weighted by atomic mass is 35.5. The van der Waals surface area contributed by atoms with E-state index < -0.39 is 0 Å². The first-order chi connectivity index (χ1) is 13.5. The third-order valence-electron chi connectivity index (χ3n) is 4.52. The van der Waals surface area contributed by atoms with Crippen LogP contribution in [0.3, 0.4) is 0 Å². The highest BCUT2D eigenvalue weighted by Gasteiger charge is 2.17. The molecule has 1 amide bonds. The van der Waals surface area contributed by atoms with Crippen LogP contribution in [-0.4, -0.2) is 48.8 Å². The summed E-state index contributed by atoms with van der Waals surface area (Å²) in [5.74, 6) is 0.595. The van der Waals surface area contributed by atoms with Gasteiger partial charge in [0.15, 0.2) is 0 Å². The van der Waals surface area contributed by atoms with E-state index in [0.717, 1.165) is 16.9 Å². The van der Waals surface area contributed by atoms with Crippen molar-refractivity contribution < 1.29 is 9.53 Å². The second-order valence-corrected chi connectivity index (χ2v) is 7.08. The minimum absolute atomic E-state index is 0.0326. The van der Waals surface area contributed by atoms with Gasteiger partial charge in [-0.2, -0.15) is 5.10 Å². The second-order valence-electron chi connectivity index (χ2n) is 6.64. The summed E-state index contributed by atoms with van der Waals surface area (Å²) in [7, 11) is 5.60. The Labute approximate surface area is 169 Å². The lowest BCUT2D eigenvalue weighted by Crippen LogP contribution is -2.34. The van der Waals surface area contributed by atoms with E-state index >= 15 is 0 Å². The van der Waals surface area contributed by atoms with Crippen molar-refractivity contribution in [2.75, 3.05) is 27.7 Å². The lowest BCUT2D eigenvalue weighted by molar-refractivity contribution is 0.0937. The van der Waals surface area contributed by atoms with Crippen LogP contribution >= 0.6 is 11.6 Å². The Hall–Kier alpha value is -2.83. The zero-order chi connectivity index (χ0) is 20.1. The van der Waals surface area contributed by atoms with Crippen molar-refractivity contribution in [3.63, 3.8) is 0 Å². The molecule has 6 nitrogen and oxygen atoms in total. The standard InChI is InChI=1S/C21H23ClN4O2/c1-26(2)20(14-7-9-17(28-3)10-8-14)13-23-21(27)19-12-18(24-25-19)15-5-4-6-16(22)11-15/h4-12,20H,13H2,1-3H3,(H,23,27)(H,24,25). The first kappa shape index (κ1) is 19.9. The van der Waals surface area contributed by atoms with Gasteiger partial charge >= 0.3 is 0 Å². The fourth-order valence-electron chi connectivity index (χ4n) is 2.94. The van der Waals surface area contributed by atoms with Gasteiger partial charge in [-0.3, -0.25) is 9.89 Å². The fraction of sp³-hybridized carbons (Fsp3) is 0.238. The number of carbonyl (C=O) groups is 1. The van der Waals surface area contributed by atoms with Crippen molar-refractivity contribution in [2.45, 2.75) is 6.04 Å². The minimum Gasteiger partial charge on any atom is -0.497 e. The van der Waals surface area contributed by atoms with Crippen LogP contribution < -0.4 is 10.1 Å².